The van der Waals surface area contributed by atoms with E-state index in [1.807, 2.05) is 54.6 Å². The molecule has 0 saturated carbocycles. The second kappa shape index (κ2) is 7.66. The first-order valence-electron chi connectivity index (χ1n) is 8.47. The third-order valence-corrected chi connectivity index (χ3v) is 4.12. The number of nitrogens with one attached hydrogen (secondary N) is 1. The highest BCUT2D eigenvalue weighted by Crippen LogP contribution is 2.18. The first-order chi connectivity index (χ1) is 12.2. The molecular formula is C20H22N4O. The van der Waals surface area contributed by atoms with E-state index in [0.29, 0.717) is 5.56 Å². The van der Waals surface area contributed by atoms with Crippen LogP contribution in [-0.2, 0) is 0 Å². The van der Waals surface area contributed by atoms with Crippen molar-refractivity contribution in [3.63, 3.8) is 0 Å². The Morgan fingerprint density at radius 1 is 1.04 bits per heavy atom. The van der Waals surface area contributed by atoms with Crippen molar-refractivity contribution in [2.45, 2.75) is 13.8 Å². The van der Waals surface area contributed by atoms with E-state index in [2.05, 4.69) is 29.2 Å². The Labute approximate surface area is 147 Å². The summed E-state index contributed by atoms with van der Waals surface area (Å²) in [4.78, 5) is 14.7. The number of nitrogens with zero attached hydrogens (tertiary/aromatic N) is 3. The van der Waals surface area contributed by atoms with E-state index in [1.165, 1.54) is 0 Å². The number of benzene rings is 2. The second-order valence-corrected chi connectivity index (χ2v) is 5.68. The number of rotatable bonds is 6. The van der Waals surface area contributed by atoms with Gasteiger partial charge in [-0.1, -0.05) is 18.2 Å². The molecule has 0 fully saturated rings. The zero-order valence-electron chi connectivity index (χ0n) is 14.5. The molecule has 5 nitrogen and oxygen atoms in total. The third-order valence-electron chi connectivity index (χ3n) is 4.12. The second-order valence-electron chi connectivity index (χ2n) is 5.68. The van der Waals surface area contributed by atoms with Crippen molar-refractivity contribution in [2.24, 2.45) is 0 Å². The molecule has 5 heteroatoms. The Bertz CT molecular complexity index is 820. The Morgan fingerprint density at radius 3 is 2.36 bits per heavy atom. The van der Waals surface area contributed by atoms with Crippen molar-refractivity contribution in [3.05, 3.63) is 72.6 Å². The third kappa shape index (κ3) is 3.88. The summed E-state index contributed by atoms with van der Waals surface area (Å²) in [6, 6.07) is 17.6. The lowest BCUT2D eigenvalue weighted by molar-refractivity contribution is 0.102. The maximum absolute atomic E-state index is 12.4. The summed E-state index contributed by atoms with van der Waals surface area (Å²) in [6.07, 6.45) is 3.31. The number of carbonyl (C=O) groups is 1. The minimum atomic E-state index is -0.169. The molecule has 0 aliphatic rings. The monoisotopic (exact) mass is 334 g/mol. The van der Waals surface area contributed by atoms with Crippen LogP contribution >= 0.6 is 0 Å². The lowest BCUT2D eigenvalue weighted by atomic mass is 10.2. The van der Waals surface area contributed by atoms with Gasteiger partial charge in [-0.3, -0.25) is 4.79 Å². The number of carbonyl (C=O) groups excluding carboxylic acids is 1. The van der Waals surface area contributed by atoms with Gasteiger partial charge in [-0.2, -0.15) is 5.10 Å². The van der Waals surface area contributed by atoms with Crippen LogP contribution < -0.4 is 10.2 Å². The SMILES string of the molecule is CCN(CC)c1ccc(NC(=O)c2cnn(-c3ccccc3)c2)cc1. The van der Waals surface area contributed by atoms with Crippen LogP contribution in [0.4, 0.5) is 11.4 Å². The first-order valence-corrected chi connectivity index (χ1v) is 8.47. The van der Waals surface area contributed by atoms with Gasteiger partial charge in [0, 0.05) is 30.7 Å². The molecule has 1 heterocycles. The molecule has 0 spiro atoms. The van der Waals surface area contributed by atoms with Gasteiger partial charge in [0.15, 0.2) is 0 Å². The summed E-state index contributed by atoms with van der Waals surface area (Å²) in [5.74, 6) is -0.169. The number of para-hydroxylation sites is 1. The highest BCUT2D eigenvalue weighted by molar-refractivity contribution is 6.04. The molecule has 0 radical (unpaired) electrons. The summed E-state index contributed by atoms with van der Waals surface area (Å²) >= 11 is 0. The fraction of sp³-hybridized carbons (Fsp3) is 0.200. The molecule has 0 saturated heterocycles. The van der Waals surface area contributed by atoms with E-state index >= 15 is 0 Å². The van der Waals surface area contributed by atoms with Crippen molar-refractivity contribution < 1.29 is 4.79 Å². The quantitative estimate of drug-likeness (QED) is 0.742. The molecule has 0 aliphatic carbocycles. The molecule has 128 valence electrons. The van der Waals surface area contributed by atoms with Gasteiger partial charge in [0.2, 0.25) is 0 Å². The summed E-state index contributed by atoms with van der Waals surface area (Å²) in [5, 5.41) is 7.17. The molecule has 3 aromatic rings. The number of hydrogen-bond acceptors (Lipinski definition) is 3. The molecule has 1 N–H and O–H groups in total. The summed E-state index contributed by atoms with van der Waals surface area (Å²) in [5.41, 5.74) is 3.37. The van der Waals surface area contributed by atoms with Crippen molar-refractivity contribution in [3.8, 4) is 5.69 Å². The summed E-state index contributed by atoms with van der Waals surface area (Å²) < 4.78 is 1.69. The molecule has 25 heavy (non-hydrogen) atoms. The van der Waals surface area contributed by atoms with E-state index in [1.54, 1.807) is 17.1 Å². The number of anilines is 2. The summed E-state index contributed by atoms with van der Waals surface area (Å²) in [6.45, 7) is 6.18. The average molecular weight is 334 g/mol. The van der Waals surface area contributed by atoms with Crippen LogP contribution in [0.5, 0.6) is 0 Å². The van der Waals surface area contributed by atoms with E-state index in [-0.39, 0.29) is 5.91 Å². The number of aromatic nitrogens is 2. The molecule has 0 aliphatic heterocycles. The zero-order valence-corrected chi connectivity index (χ0v) is 14.5. The van der Waals surface area contributed by atoms with E-state index in [0.717, 1.165) is 30.2 Å². The molecule has 0 atom stereocenters. The van der Waals surface area contributed by atoms with Gasteiger partial charge in [-0.25, -0.2) is 4.68 Å². The number of hydrogen-bond donors (Lipinski definition) is 1. The van der Waals surface area contributed by atoms with Crippen LogP contribution in [-0.4, -0.2) is 28.8 Å². The van der Waals surface area contributed by atoms with Gasteiger partial charge < -0.3 is 10.2 Å². The van der Waals surface area contributed by atoms with Gasteiger partial charge >= 0.3 is 0 Å². The van der Waals surface area contributed by atoms with Crippen LogP contribution in [0, 0.1) is 0 Å². The van der Waals surface area contributed by atoms with Gasteiger partial charge in [0.05, 0.1) is 17.4 Å². The van der Waals surface area contributed by atoms with Crippen LogP contribution in [0.1, 0.15) is 24.2 Å². The lowest BCUT2D eigenvalue weighted by Gasteiger charge is -2.21. The van der Waals surface area contributed by atoms with Crippen LogP contribution in [0.3, 0.4) is 0 Å². The lowest BCUT2D eigenvalue weighted by Crippen LogP contribution is -2.21. The first kappa shape index (κ1) is 16.8. The Balaban J connectivity index is 1.69. The predicted octanol–water partition coefficient (Wildman–Crippen LogP) is 3.97. The minimum Gasteiger partial charge on any atom is -0.372 e. The normalized spacial score (nSPS) is 10.5. The predicted molar refractivity (Wildman–Crippen MR) is 102 cm³/mol. The number of amides is 1. The molecule has 1 aromatic heterocycles. The van der Waals surface area contributed by atoms with Crippen molar-refractivity contribution >= 4 is 17.3 Å². The molecule has 0 unspecified atom stereocenters. The van der Waals surface area contributed by atoms with Crippen LogP contribution in [0.15, 0.2) is 67.0 Å². The highest BCUT2D eigenvalue weighted by Gasteiger charge is 2.10. The molecule has 2 aromatic carbocycles. The average Bonchev–Trinajstić information content (AvgIpc) is 3.15. The van der Waals surface area contributed by atoms with Gasteiger partial charge in [0.25, 0.3) is 5.91 Å². The summed E-state index contributed by atoms with van der Waals surface area (Å²) in [7, 11) is 0. The van der Waals surface area contributed by atoms with Crippen molar-refractivity contribution in [2.75, 3.05) is 23.3 Å². The fourth-order valence-corrected chi connectivity index (χ4v) is 2.71. The Morgan fingerprint density at radius 2 is 1.72 bits per heavy atom. The standard InChI is InChI=1S/C20H22N4O/c1-3-23(4-2)18-12-10-17(11-13-18)22-20(25)16-14-21-24(15-16)19-8-6-5-7-9-19/h5-15H,3-4H2,1-2H3,(H,22,25). The smallest absolute Gasteiger partial charge is 0.258 e. The van der Waals surface area contributed by atoms with Crippen LogP contribution in [0.25, 0.3) is 5.69 Å². The topological polar surface area (TPSA) is 50.2 Å². The largest absolute Gasteiger partial charge is 0.372 e. The van der Waals surface area contributed by atoms with Gasteiger partial charge in [-0.15, -0.1) is 0 Å². The Kier molecular flexibility index (Phi) is 5.14. The van der Waals surface area contributed by atoms with E-state index < -0.39 is 0 Å². The maximum Gasteiger partial charge on any atom is 0.258 e. The van der Waals surface area contributed by atoms with Crippen molar-refractivity contribution in [1.29, 1.82) is 0 Å². The molecule has 3 rings (SSSR count). The van der Waals surface area contributed by atoms with Gasteiger partial charge in [-0.05, 0) is 50.2 Å². The zero-order chi connectivity index (χ0) is 17.6. The van der Waals surface area contributed by atoms with Crippen LogP contribution in [0.2, 0.25) is 0 Å². The Hall–Kier alpha value is -3.08. The molecular weight excluding hydrogens is 312 g/mol. The maximum atomic E-state index is 12.4. The minimum absolute atomic E-state index is 0.169. The van der Waals surface area contributed by atoms with E-state index in [9.17, 15) is 4.79 Å². The van der Waals surface area contributed by atoms with E-state index in [4.69, 9.17) is 0 Å². The fourth-order valence-electron chi connectivity index (χ4n) is 2.71. The van der Waals surface area contributed by atoms with Crippen molar-refractivity contribution in [1.82, 2.24) is 9.78 Å². The van der Waals surface area contributed by atoms with Gasteiger partial charge in [0.1, 0.15) is 0 Å². The molecule has 1 amide bonds. The highest BCUT2D eigenvalue weighted by atomic mass is 16.1. The molecule has 0 bridgehead atoms.